The van der Waals surface area contributed by atoms with Gasteiger partial charge in [0.05, 0.1) is 0 Å². The van der Waals surface area contributed by atoms with Crippen molar-refractivity contribution in [2.75, 3.05) is 11.1 Å². The summed E-state index contributed by atoms with van der Waals surface area (Å²) in [4.78, 5) is 1.32. The molecule has 0 bridgehead atoms. The van der Waals surface area contributed by atoms with E-state index in [0.29, 0.717) is 0 Å². The molecule has 2 aromatic carbocycles. The summed E-state index contributed by atoms with van der Waals surface area (Å²) in [5.41, 5.74) is 12.8. The summed E-state index contributed by atoms with van der Waals surface area (Å²) in [6.45, 7) is 5.09. The molecule has 0 radical (unpaired) electrons. The number of nitrogens with one attached hydrogen (secondary N) is 1. The summed E-state index contributed by atoms with van der Waals surface area (Å²) >= 11 is 1.80. The molecular weight excluding hydrogens is 288 g/mol. The van der Waals surface area contributed by atoms with Crippen molar-refractivity contribution in [2.45, 2.75) is 20.4 Å². The Morgan fingerprint density at radius 2 is 1.77 bits per heavy atom. The predicted molar refractivity (Wildman–Crippen MR) is 97.4 cm³/mol. The largest absolute Gasteiger partial charge is 0.399 e. The molecule has 1 aromatic heterocycles. The molecule has 0 aliphatic heterocycles. The summed E-state index contributed by atoms with van der Waals surface area (Å²) in [5, 5.41) is 5.69. The van der Waals surface area contributed by atoms with Gasteiger partial charge in [-0.25, -0.2) is 0 Å². The first-order valence-electron chi connectivity index (χ1n) is 7.36. The monoisotopic (exact) mass is 308 g/mol. The van der Waals surface area contributed by atoms with Crippen LogP contribution in [0.3, 0.4) is 0 Å². The Kier molecular flexibility index (Phi) is 4.16. The number of aryl methyl sites for hydroxylation is 2. The van der Waals surface area contributed by atoms with Crippen LogP contribution >= 0.6 is 11.3 Å². The molecule has 1 heterocycles. The van der Waals surface area contributed by atoms with E-state index in [2.05, 4.69) is 60.9 Å². The number of nitrogens with two attached hydrogens (primary N) is 1. The molecule has 112 valence electrons. The van der Waals surface area contributed by atoms with Crippen molar-refractivity contribution >= 4 is 22.7 Å². The molecule has 3 aromatic rings. The fourth-order valence-electron chi connectivity index (χ4n) is 2.43. The number of anilines is 2. The average Bonchev–Trinajstić information content (AvgIpc) is 2.94. The highest BCUT2D eigenvalue weighted by atomic mass is 32.1. The fraction of sp³-hybridized carbons (Fsp3) is 0.158. The first-order valence-corrected chi connectivity index (χ1v) is 8.24. The van der Waals surface area contributed by atoms with Gasteiger partial charge in [-0.3, -0.25) is 0 Å². The van der Waals surface area contributed by atoms with Gasteiger partial charge in [-0.15, -0.1) is 11.3 Å². The van der Waals surface area contributed by atoms with Crippen LogP contribution in [-0.4, -0.2) is 0 Å². The Hall–Kier alpha value is -2.26. The second kappa shape index (κ2) is 6.24. The van der Waals surface area contributed by atoms with Gasteiger partial charge in [0.25, 0.3) is 0 Å². The lowest BCUT2D eigenvalue weighted by Crippen LogP contribution is -2.01. The van der Waals surface area contributed by atoms with E-state index in [9.17, 15) is 0 Å². The maximum absolute atomic E-state index is 5.71. The summed E-state index contributed by atoms with van der Waals surface area (Å²) in [6.07, 6.45) is 0. The second-order valence-electron chi connectivity index (χ2n) is 5.61. The third-order valence-corrected chi connectivity index (χ3v) is 4.80. The number of hydrogen-bond donors (Lipinski definition) is 2. The summed E-state index contributed by atoms with van der Waals surface area (Å²) in [6, 6.07) is 16.8. The van der Waals surface area contributed by atoms with Gasteiger partial charge in [0.1, 0.15) is 0 Å². The van der Waals surface area contributed by atoms with E-state index in [1.807, 2.05) is 12.1 Å². The lowest BCUT2D eigenvalue weighted by Gasteiger charge is -2.11. The topological polar surface area (TPSA) is 38.0 Å². The SMILES string of the molecule is Cc1csc(-c2ccc(NCc3ccc(N)cc3)c(C)c2)c1. The third-order valence-electron chi connectivity index (χ3n) is 3.70. The highest BCUT2D eigenvalue weighted by Crippen LogP contribution is 2.30. The van der Waals surface area contributed by atoms with E-state index in [0.717, 1.165) is 12.2 Å². The van der Waals surface area contributed by atoms with Crippen LogP contribution in [0.2, 0.25) is 0 Å². The third kappa shape index (κ3) is 3.31. The molecule has 3 heteroatoms. The van der Waals surface area contributed by atoms with E-state index < -0.39 is 0 Å². The van der Waals surface area contributed by atoms with Gasteiger partial charge >= 0.3 is 0 Å². The maximum Gasteiger partial charge on any atom is 0.0400 e. The number of rotatable bonds is 4. The predicted octanol–water partition coefficient (Wildman–Crippen LogP) is 5.23. The number of nitrogen functional groups attached to an aromatic ring is 1. The van der Waals surface area contributed by atoms with Crippen LogP contribution in [0, 0.1) is 13.8 Å². The number of hydrogen-bond acceptors (Lipinski definition) is 3. The number of thiophene rings is 1. The maximum atomic E-state index is 5.71. The molecule has 0 saturated carbocycles. The van der Waals surface area contributed by atoms with E-state index in [4.69, 9.17) is 5.73 Å². The molecule has 2 nitrogen and oxygen atoms in total. The van der Waals surface area contributed by atoms with Gasteiger partial charge in [0, 0.05) is 22.8 Å². The summed E-state index contributed by atoms with van der Waals surface area (Å²) < 4.78 is 0. The molecule has 0 unspecified atom stereocenters. The zero-order valence-corrected chi connectivity index (χ0v) is 13.7. The van der Waals surface area contributed by atoms with Crippen LogP contribution in [0.4, 0.5) is 11.4 Å². The van der Waals surface area contributed by atoms with E-state index >= 15 is 0 Å². The highest BCUT2D eigenvalue weighted by Gasteiger charge is 2.04. The zero-order valence-electron chi connectivity index (χ0n) is 12.9. The minimum absolute atomic E-state index is 0.801. The summed E-state index contributed by atoms with van der Waals surface area (Å²) in [7, 11) is 0. The van der Waals surface area contributed by atoms with Crippen molar-refractivity contribution in [2.24, 2.45) is 0 Å². The van der Waals surface area contributed by atoms with E-state index in [-0.39, 0.29) is 0 Å². The van der Waals surface area contributed by atoms with E-state index in [1.165, 1.54) is 32.8 Å². The Morgan fingerprint density at radius 3 is 2.41 bits per heavy atom. The molecule has 0 atom stereocenters. The smallest absolute Gasteiger partial charge is 0.0400 e. The normalized spacial score (nSPS) is 10.6. The quantitative estimate of drug-likeness (QED) is 0.648. The van der Waals surface area contributed by atoms with Crippen LogP contribution in [-0.2, 0) is 6.54 Å². The van der Waals surface area contributed by atoms with Crippen molar-refractivity contribution in [1.82, 2.24) is 0 Å². The van der Waals surface area contributed by atoms with Crippen LogP contribution in [0.25, 0.3) is 10.4 Å². The Balaban J connectivity index is 1.73. The lowest BCUT2D eigenvalue weighted by atomic mass is 10.1. The Morgan fingerprint density at radius 1 is 1.00 bits per heavy atom. The first kappa shape index (κ1) is 14.7. The van der Waals surface area contributed by atoms with Gasteiger partial charge < -0.3 is 11.1 Å². The van der Waals surface area contributed by atoms with Crippen LogP contribution in [0.5, 0.6) is 0 Å². The zero-order chi connectivity index (χ0) is 15.5. The molecule has 0 aliphatic rings. The molecule has 0 fully saturated rings. The van der Waals surface area contributed by atoms with Crippen molar-refractivity contribution in [3.05, 3.63) is 70.6 Å². The molecule has 0 amide bonds. The van der Waals surface area contributed by atoms with Gasteiger partial charge in [0.15, 0.2) is 0 Å². The molecule has 22 heavy (non-hydrogen) atoms. The van der Waals surface area contributed by atoms with Crippen LogP contribution < -0.4 is 11.1 Å². The fourth-order valence-corrected chi connectivity index (χ4v) is 3.33. The average molecular weight is 308 g/mol. The minimum Gasteiger partial charge on any atom is -0.399 e. The molecule has 0 saturated heterocycles. The molecule has 0 spiro atoms. The van der Waals surface area contributed by atoms with Gasteiger partial charge in [-0.05, 0) is 71.8 Å². The van der Waals surface area contributed by atoms with Crippen LogP contribution in [0.1, 0.15) is 16.7 Å². The lowest BCUT2D eigenvalue weighted by molar-refractivity contribution is 1.14. The molecule has 3 N–H and O–H groups in total. The van der Waals surface area contributed by atoms with Gasteiger partial charge in [-0.2, -0.15) is 0 Å². The number of benzene rings is 2. The van der Waals surface area contributed by atoms with Crippen LogP contribution in [0.15, 0.2) is 53.9 Å². The minimum atomic E-state index is 0.801. The molecule has 3 rings (SSSR count). The standard InChI is InChI=1S/C19H20N2S/c1-13-9-19(22-12-13)16-5-8-18(14(2)10-16)21-11-15-3-6-17(20)7-4-15/h3-10,12,21H,11,20H2,1-2H3. The first-order chi connectivity index (χ1) is 10.6. The Labute approximate surface area is 135 Å². The highest BCUT2D eigenvalue weighted by molar-refractivity contribution is 7.13. The van der Waals surface area contributed by atoms with Gasteiger partial charge in [0.2, 0.25) is 0 Å². The molecule has 0 aliphatic carbocycles. The van der Waals surface area contributed by atoms with Crippen molar-refractivity contribution in [3.63, 3.8) is 0 Å². The Bertz CT molecular complexity index is 772. The van der Waals surface area contributed by atoms with Crippen molar-refractivity contribution in [3.8, 4) is 10.4 Å². The van der Waals surface area contributed by atoms with Crippen molar-refractivity contribution < 1.29 is 0 Å². The summed E-state index contributed by atoms with van der Waals surface area (Å²) in [5.74, 6) is 0. The molecular formula is C19H20N2S. The second-order valence-corrected chi connectivity index (χ2v) is 6.52. The van der Waals surface area contributed by atoms with E-state index in [1.54, 1.807) is 11.3 Å². The van der Waals surface area contributed by atoms with Gasteiger partial charge in [-0.1, -0.05) is 18.2 Å². The van der Waals surface area contributed by atoms with Crippen molar-refractivity contribution in [1.29, 1.82) is 0 Å².